The van der Waals surface area contributed by atoms with Crippen LogP contribution in [-0.4, -0.2) is 52.9 Å². The minimum Gasteiger partial charge on any atom is -0.508 e. The number of carbonyl (C=O) groups excluding carboxylic acids is 3. The number of ether oxygens (including phenoxy) is 3. The lowest BCUT2D eigenvalue weighted by molar-refractivity contribution is -0.190. The van der Waals surface area contributed by atoms with E-state index < -0.39 is 43.0 Å². The first-order chi connectivity index (χ1) is 20.6. The first-order valence-corrected chi connectivity index (χ1v) is 18.2. The molecule has 2 aliphatic heterocycles. The first kappa shape index (κ1) is 31.2. The van der Waals surface area contributed by atoms with Crippen molar-refractivity contribution in [3.8, 4) is 17.1 Å². The number of phenolic OH excluding ortho intramolecular Hbond substituents is 1. The lowest BCUT2D eigenvalue weighted by Gasteiger charge is -2.43. The maximum Gasteiger partial charge on any atom is 0.407 e. The summed E-state index contributed by atoms with van der Waals surface area (Å²) in [5.41, 5.74) is -0.402. The number of amides is 1. The Morgan fingerprint density at radius 2 is 1.91 bits per heavy atom. The molecule has 4 heterocycles. The van der Waals surface area contributed by atoms with Gasteiger partial charge < -0.3 is 29.2 Å². The maximum atomic E-state index is 14.4. The predicted octanol–water partition coefficient (Wildman–Crippen LogP) is 5.06. The van der Waals surface area contributed by atoms with Crippen molar-refractivity contribution >= 4 is 37.0 Å². The second kappa shape index (κ2) is 11.1. The number of esters is 2. The Balaban J connectivity index is 1.58. The van der Waals surface area contributed by atoms with Gasteiger partial charge in [0.05, 0.1) is 35.4 Å². The Kier molecular flexibility index (Phi) is 7.85. The SMILES string of the molecule is CCC1(OC(=O)CCNC(=O)OC(C)(C)C)C(=O)OC([Si](C)(C)CC)c2c1cc1n(c2=O)Cc2cc3cc(O)ccc3nc2-1. The normalized spacial score (nSPS) is 19.1. The van der Waals surface area contributed by atoms with E-state index in [1.807, 2.05) is 13.0 Å². The fraction of sp³-hybridized carbons (Fsp3) is 0.469. The van der Waals surface area contributed by atoms with Crippen LogP contribution in [0.5, 0.6) is 5.75 Å². The smallest absolute Gasteiger partial charge is 0.407 e. The molecule has 0 saturated heterocycles. The zero-order valence-electron chi connectivity index (χ0n) is 26.2. The van der Waals surface area contributed by atoms with E-state index in [0.29, 0.717) is 28.0 Å². The van der Waals surface area contributed by atoms with E-state index >= 15 is 0 Å². The van der Waals surface area contributed by atoms with E-state index in [1.54, 1.807) is 56.5 Å². The topological polar surface area (TPSA) is 146 Å². The highest BCUT2D eigenvalue weighted by Gasteiger charge is 2.55. The molecule has 11 nitrogen and oxygen atoms in total. The van der Waals surface area contributed by atoms with Gasteiger partial charge in [-0.15, -0.1) is 0 Å². The summed E-state index contributed by atoms with van der Waals surface area (Å²) >= 11 is 0. The Morgan fingerprint density at radius 3 is 2.57 bits per heavy atom. The number of nitrogens with one attached hydrogen (secondary N) is 1. The van der Waals surface area contributed by atoms with Crippen LogP contribution in [0, 0.1) is 0 Å². The Hall–Kier alpha value is -4.19. The summed E-state index contributed by atoms with van der Waals surface area (Å²) in [6, 6.07) is 9.28. The van der Waals surface area contributed by atoms with Crippen LogP contribution in [0.2, 0.25) is 19.1 Å². The van der Waals surface area contributed by atoms with Crippen molar-refractivity contribution in [2.75, 3.05) is 6.54 Å². The number of carbonyl (C=O) groups is 3. The molecule has 0 fully saturated rings. The van der Waals surface area contributed by atoms with Crippen LogP contribution in [0.25, 0.3) is 22.3 Å². The maximum absolute atomic E-state index is 14.4. The number of benzene rings is 1. The highest BCUT2D eigenvalue weighted by molar-refractivity contribution is 6.78. The van der Waals surface area contributed by atoms with Gasteiger partial charge in [-0.05, 0) is 57.5 Å². The van der Waals surface area contributed by atoms with Crippen LogP contribution < -0.4 is 10.9 Å². The number of nitrogens with zero attached hydrogens (tertiary/aromatic N) is 2. The van der Waals surface area contributed by atoms with Crippen LogP contribution in [0.1, 0.15) is 69.9 Å². The van der Waals surface area contributed by atoms with E-state index in [4.69, 9.17) is 19.2 Å². The van der Waals surface area contributed by atoms with Crippen LogP contribution in [0.15, 0.2) is 35.1 Å². The van der Waals surface area contributed by atoms with Gasteiger partial charge in [-0.1, -0.05) is 33.0 Å². The molecule has 0 radical (unpaired) electrons. The Bertz CT molecular complexity index is 1740. The summed E-state index contributed by atoms with van der Waals surface area (Å²) in [7, 11) is -2.33. The Morgan fingerprint density at radius 1 is 1.18 bits per heavy atom. The number of pyridine rings is 2. The van der Waals surface area contributed by atoms with Gasteiger partial charge in [0.2, 0.25) is 5.60 Å². The lowest BCUT2D eigenvalue weighted by Crippen LogP contribution is -2.53. The van der Waals surface area contributed by atoms with Crippen LogP contribution in [-0.2, 0) is 35.9 Å². The van der Waals surface area contributed by atoms with Crippen molar-refractivity contribution in [2.45, 2.75) is 90.1 Å². The summed E-state index contributed by atoms with van der Waals surface area (Å²) in [6.07, 6.45) is -0.870. The van der Waals surface area contributed by atoms with Gasteiger partial charge in [-0.3, -0.25) is 9.59 Å². The third-order valence-electron chi connectivity index (χ3n) is 8.44. The number of alkyl carbamates (subject to hydrolysis) is 1. The van der Waals surface area contributed by atoms with Gasteiger partial charge in [-0.25, -0.2) is 14.6 Å². The number of aromatic nitrogens is 2. The molecule has 2 atom stereocenters. The minimum atomic E-state index is -2.33. The number of rotatable bonds is 7. The molecule has 2 aromatic heterocycles. The van der Waals surface area contributed by atoms with E-state index in [0.717, 1.165) is 17.0 Å². The number of hydrogen-bond donors (Lipinski definition) is 2. The van der Waals surface area contributed by atoms with Crippen molar-refractivity contribution in [1.29, 1.82) is 0 Å². The molecule has 0 spiro atoms. The molecule has 1 amide bonds. The molecule has 234 valence electrons. The molecular formula is C32H39N3O8Si. The van der Waals surface area contributed by atoms with Gasteiger partial charge in [0.15, 0.2) is 0 Å². The summed E-state index contributed by atoms with van der Waals surface area (Å²) in [5.74, 6) is -1.34. The molecular weight excluding hydrogens is 582 g/mol. The molecule has 12 heteroatoms. The zero-order chi connectivity index (χ0) is 32.2. The summed E-state index contributed by atoms with van der Waals surface area (Å²) in [5, 5.41) is 13.2. The van der Waals surface area contributed by atoms with E-state index in [1.165, 1.54) is 0 Å². The van der Waals surface area contributed by atoms with Gasteiger partial charge in [0, 0.05) is 23.1 Å². The van der Waals surface area contributed by atoms with Crippen molar-refractivity contribution in [3.05, 3.63) is 57.4 Å². The number of phenols is 1. The molecule has 0 saturated carbocycles. The third kappa shape index (κ3) is 5.47. The Labute approximate surface area is 256 Å². The highest BCUT2D eigenvalue weighted by atomic mass is 28.3. The zero-order valence-corrected chi connectivity index (χ0v) is 27.2. The van der Waals surface area contributed by atoms with Gasteiger partial charge in [0.25, 0.3) is 5.56 Å². The average Bonchev–Trinajstić information content (AvgIpc) is 3.29. The number of cyclic esters (lactones) is 1. The molecule has 44 heavy (non-hydrogen) atoms. The van der Waals surface area contributed by atoms with Crippen molar-refractivity contribution < 1.29 is 33.7 Å². The highest BCUT2D eigenvalue weighted by Crippen LogP contribution is 2.47. The van der Waals surface area contributed by atoms with Crippen LogP contribution in [0.3, 0.4) is 0 Å². The third-order valence-corrected chi connectivity index (χ3v) is 12.1. The first-order valence-electron chi connectivity index (χ1n) is 14.9. The summed E-state index contributed by atoms with van der Waals surface area (Å²) in [6.45, 7) is 13.2. The standard InChI is InChI=1S/C32H39N3O8Si/c1-8-32(42-24(37)12-13-33-30(40)43-31(3,4)5)21-16-23-26-19(14-18-15-20(36)10-11-22(18)34-26)17-35(23)27(38)25(21)28(41-29(32)39)44(6,7)9-2/h10-11,14-16,28,36H,8-9,12-13,17H2,1-7H3,(H,33,40). The molecule has 0 bridgehead atoms. The average molecular weight is 622 g/mol. The number of aromatic hydroxyl groups is 1. The second-order valence-corrected chi connectivity index (χ2v) is 18.3. The van der Waals surface area contributed by atoms with Crippen LogP contribution >= 0.6 is 0 Å². The molecule has 2 N–H and O–H groups in total. The van der Waals surface area contributed by atoms with Gasteiger partial charge in [0.1, 0.15) is 25.2 Å². The summed E-state index contributed by atoms with van der Waals surface area (Å²) < 4.78 is 18.9. The monoisotopic (exact) mass is 621 g/mol. The molecule has 5 rings (SSSR count). The van der Waals surface area contributed by atoms with E-state index in [-0.39, 0.29) is 37.2 Å². The molecule has 2 aliphatic rings. The molecule has 3 aromatic rings. The van der Waals surface area contributed by atoms with E-state index in [2.05, 4.69) is 18.4 Å². The van der Waals surface area contributed by atoms with Crippen molar-refractivity contribution in [2.24, 2.45) is 0 Å². The number of fused-ring (bicyclic) bond motifs is 5. The van der Waals surface area contributed by atoms with Gasteiger partial charge in [-0.2, -0.15) is 0 Å². The second-order valence-electron chi connectivity index (χ2n) is 13.1. The van der Waals surface area contributed by atoms with E-state index in [9.17, 15) is 24.3 Å². The number of hydrogen-bond acceptors (Lipinski definition) is 9. The molecule has 2 unspecified atom stereocenters. The quantitative estimate of drug-likeness (QED) is 0.164. The fourth-order valence-corrected chi connectivity index (χ4v) is 7.62. The molecule has 0 aliphatic carbocycles. The lowest BCUT2D eigenvalue weighted by atomic mass is 9.85. The van der Waals surface area contributed by atoms with Crippen LogP contribution in [0.4, 0.5) is 4.79 Å². The predicted molar refractivity (Wildman–Crippen MR) is 166 cm³/mol. The van der Waals surface area contributed by atoms with Gasteiger partial charge >= 0.3 is 18.0 Å². The van der Waals surface area contributed by atoms with Crippen molar-refractivity contribution in [1.82, 2.24) is 14.9 Å². The largest absolute Gasteiger partial charge is 0.508 e. The minimum absolute atomic E-state index is 0.0328. The fourth-order valence-electron chi connectivity index (χ4n) is 5.76. The summed E-state index contributed by atoms with van der Waals surface area (Å²) in [4.78, 5) is 58.3. The van der Waals surface area contributed by atoms with Crippen molar-refractivity contribution in [3.63, 3.8) is 0 Å². The molecule has 1 aromatic carbocycles.